The van der Waals surface area contributed by atoms with E-state index in [1.165, 1.54) is 26.2 Å². The van der Waals surface area contributed by atoms with Crippen molar-refractivity contribution in [1.82, 2.24) is 0 Å². The van der Waals surface area contributed by atoms with Crippen LogP contribution < -0.4 is 0 Å². The van der Waals surface area contributed by atoms with Gasteiger partial charge in [-0.3, -0.25) is 4.79 Å². The van der Waals surface area contributed by atoms with Crippen LogP contribution in [0.2, 0.25) is 0 Å². The van der Waals surface area contributed by atoms with Crippen molar-refractivity contribution in [3.63, 3.8) is 0 Å². The van der Waals surface area contributed by atoms with Crippen LogP contribution in [0, 0.1) is 17.8 Å². The van der Waals surface area contributed by atoms with Gasteiger partial charge in [0.2, 0.25) is 0 Å². The molecule has 4 aliphatic carbocycles. The topological polar surface area (TPSA) is 74.6 Å². The molecule has 0 atom stereocenters. The lowest BCUT2D eigenvalue weighted by Crippen LogP contribution is -2.48. The van der Waals surface area contributed by atoms with Gasteiger partial charge in [-0.15, -0.1) is 0 Å². The molecular formula is C27H28O4. The first-order valence-corrected chi connectivity index (χ1v) is 11.2. The van der Waals surface area contributed by atoms with E-state index in [1.807, 2.05) is 18.2 Å². The monoisotopic (exact) mass is 416 g/mol. The van der Waals surface area contributed by atoms with E-state index in [2.05, 4.69) is 6.07 Å². The van der Waals surface area contributed by atoms with Crippen LogP contribution >= 0.6 is 0 Å². The summed E-state index contributed by atoms with van der Waals surface area (Å²) in [6, 6.07) is 11.2. The first-order valence-electron chi connectivity index (χ1n) is 11.2. The van der Waals surface area contributed by atoms with Gasteiger partial charge in [0.25, 0.3) is 0 Å². The smallest absolute Gasteiger partial charge is 0.331 e. The van der Waals surface area contributed by atoms with Crippen LogP contribution in [0.5, 0.6) is 5.75 Å². The van der Waals surface area contributed by atoms with E-state index in [0.29, 0.717) is 16.9 Å². The summed E-state index contributed by atoms with van der Waals surface area (Å²) in [5.41, 5.74) is 4.28. The second-order valence-corrected chi connectivity index (χ2v) is 10.0. The number of aldehydes is 1. The van der Waals surface area contributed by atoms with E-state index >= 15 is 0 Å². The number of aromatic hydroxyl groups is 1. The van der Waals surface area contributed by atoms with Crippen molar-refractivity contribution in [3.8, 4) is 16.9 Å². The average Bonchev–Trinajstić information content (AvgIpc) is 2.73. The first kappa shape index (κ1) is 20.0. The quantitative estimate of drug-likeness (QED) is 0.475. The number of carbonyl (C=O) groups excluding carboxylic acids is 1. The number of carboxylic acid groups (broad SMARTS) is 1. The lowest BCUT2D eigenvalue weighted by Gasteiger charge is -2.57. The second kappa shape index (κ2) is 7.37. The molecule has 4 nitrogen and oxygen atoms in total. The summed E-state index contributed by atoms with van der Waals surface area (Å²) in [5, 5.41) is 19.9. The predicted octanol–water partition coefficient (Wildman–Crippen LogP) is 5.83. The molecule has 0 radical (unpaired) electrons. The van der Waals surface area contributed by atoms with Crippen molar-refractivity contribution in [3.05, 3.63) is 58.7 Å². The highest BCUT2D eigenvalue weighted by molar-refractivity contribution is 5.93. The molecule has 6 rings (SSSR count). The molecular weight excluding hydrogens is 388 g/mol. The zero-order valence-corrected chi connectivity index (χ0v) is 17.8. The highest BCUT2D eigenvalue weighted by Crippen LogP contribution is 2.62. The van der Waals surface area contributed by atoms with E-state index in [0.717, 1.165) is 60.0 Å². The van der Waals surface area contributed by atoms with Crippen LogP contribution in [-0.2, 0) is 10.2 Å². The zero-order valence-electron chi connectivity index (χ0n) is 17.8. The fraction of sp³-hybridized carbons (Fsp3) is 0.407. The van der Waals surface area contributed by atoms with Crippen LogP contribution in [0.4, 0.5) is 0 Å². The summed E-state index contributed by atoms with van der Waals surface area (Å²) < 4.78 is 0. The Labute approximate surface area is 182 Å². The van der Waals surface area contributed by atoms with Gasteiger partial charge >= 0.3 is 5.97 Å². The Morgan fingerprint density at radius 3 is 2.23 bits per heavy atom. The second-order valence-electron chi connectivity index (χ2n) is 10.0. The van der Waals surface area contributed by atoms with E-state index in [4.69, 9.17) is 5.11 Å². The third-order valence-corrected chi connectivity index (χ3v) is 7.84. The molecule has 4 fully saturated rings. The number of rotatable bonds is 5. The summed E-state index contributed by atoms with van der Waals surface area (Å²) in [7, 11) is 0. The van der Waals surface area contributed by atoms with Crippen molar-refractivity contribution in [2.24, 2.45) is 17.8 Å². The molecule has 0 unspecified atom stereocenters. The van der Waals surface area contributed by atoms with E-state index < -0.39 is 5.97 Å². The van der Waals surface area contributed by atoms with Crippen molar-refractivity contribution in [2.45, 2.75) is 50.9 Å². The van der Waals surface area contributed by atoms with Gasteiger partial charge in [-0.1, -0.05) is 18.2 Å². The number of phenolic OH excluding ortho intramolecular Hbond substituents is 1. The molecule has 2 aromatic rings. The Bertz CT molecular complexity index is 1060. The fourth-order valence-electron chi connectivity index (χ4n) is 6.91. The maximum absolute atomic E-state index is 11.9. The third kappa shape index (κ3) is 3.48. The van der Waals surface area contributed by atoms with Gasteiger partial charge in [-0.2, -0.15) is 0 Å². The minimum Gasteiger partial charge on any atom is -0.508 e. The van der Waals surface area contributed by atoms with Gasteiger partial charge in [-0.05, 0) is 110 Å². The maximum Gasteiger partial charge on any atom is 0.331 e. The van der Waals surface area contributed by atoms with Gasteiger partial charge < -0.3 is 10.2 Å². The lowest BCUT2D eigenvalue weighted by molar-refractivity contribution is -0.132. The summed E-state index contributed by atoms with van der Waals surface area (Å²) >= 11 is 0. The molecule has 4 aliphatic rings. The van der Waals surface area contributed by atoms with E-state index in [1.54, 1.807) is 18.2 Å². The molecule has 2 N–H and O–H groups in total. The Morgan fingerprint density at radius 2 is 1.65 bits per heavy atom. The Balaban J connectivity index is 1.55. The summed E-state index contributed by atoms with van der Waals surface area (Å²) in [6.45, 7) is 1.54. The molecule has 0 spiro atoms. The van der Waals surface area contributed by atoms with Crippen molar-refractivity contribution in [1.29, 1.82) is 0 Å². The predicted molar refractivity (Wildman–Crippen MR) is 120 cm³/mol. The molecule has 160 valence electrons. The Morgan fingerprint density at radius 1 is 1.00 bits per heavy atom. The van der Waals surface area contributed by atoms with Crippen molar-refractivity contribution >= 4 is 18.3 Å². The molecule has 0 aliphatic heterocycles. The molecule has 0 amide bonds. The molecule has 4 bridgehead atoms. The maximum atomic E-state index is 11.9. The average molecular weight is 417 g/mol. The summed E-state index contributed by atoms with van der Waals surface area (Å²) in [4.78, 5) is 23.0. The summed E-state index contributed by atoms with van der Waals surface area (Å²) in [5.74, 6) is 1.74. The number of hydrogen-bond donors (Lipinski definition) is 2. The van der Waals surface area contributed by atoms with Crippen molar-refractivity contribution < 1.29 is 19.8 Å². The Kier molecular flexibility index (Phi) is 4.76. The number of hydrogen-bond acceptors (Lipinski definition) is 3. The Hall–Kier alpha value is -2.88. The van der Waals surface area contributed by atoms with Gasteiger partial charge in [0.1, 0.15) is 5.75 Å². The number of carboxylic acids is 1. The molecule has 0 aromatic heterocycles. The van der Waals surface area contributed by atoms with Crippen LogP contribution in [0.15, 0.2) is 42.0 Å². The standard InChI is InChI=1S/C27H28O4/c1-16(26(30)31)6-17-2-4-23(22(10-17)15-28)21-3-5-25(29)24(11-21)27-12-18-7-19(13-27)9-20(8-18)14-27/h2-6,10-11,15,18-20,29H,7-9,12-14H2,1H3,(H,30,31). The number of carbonyl (C=O) groups is 2. The molecule has 4 heteroatoms. The summed E-state index contributed by atoms with van der Waals surface area (Å²) in [6.07, 6.45) is 9.91. The normalized spacial score (nSPS) is 29.2. The highest BCUT2D eigenvalue weighted by atomic mass is 16.4. The minimum atomic E-state index is -0.976. The first-order chi connectivity index (χ1) is 14.9. The van der Waals surface area contributed by atoms with Crippen LogP contribution in [0.25, 0.3) is 17.2 Å². The fourth-order valence-corrected chi connectivity index (χ4v) is 6.91. The minimum absolute atomic E-state index is 0.0669. The van der Waals surface area contributed by atoms with Crippen molar-refractivity contribution in [2.75, 3.05) is 0 Å². The number of aliphatic carboxylic acids is 1. The van der Waals surface area contributed by atoms with Gasteiger partial charge in [-0.25, -0.2) is 4.79 Å². The van der Waals surface area contributed by atoms with Gasteiger partial charge in [0, 0.05) is 16.7 Å². The largest absolute Gasteiger partial charge is 0.508 e. The molecule has 0 saturated heterocycles. The molecule has 0 heterocycles. The van der Waals surface area contributed by atoms with Gasteiger partial charge in [0.15, 0.2) is 6.29 Å². The zero-order chi connectivity index (χ0) is 21.8. The van der Waals surface area contributed by atoms with Gasteiger partial charge in [0.05, 0.1) is 0 Å². The van der Waals surface area contributed by atoms with Crippen LogP contribution in [-0.4, -0.2) is 22.5 Å². The lowest BCUT2D eigenvalue weighted by atomic mass is 9.48. The van der Waals surface area contributed by atoms with E-state index in [9.17, 15) is 14.7 Å². The molecule has 4 saturated carbocycles. The SMILES string of the molecule is CC(=Cc1ccc(-c2ccc(O)c(C34CC5CC(CC(C5)C3)C4)c2)c(C=O)c1)C(=O)O. The number of phenols is 1. The van der Waals surface area contributed by atoms with Crippen LogP contribution in [0.1, 0.15) is 66.9 Å². The molecule has 2 aromatic carbocycles. The van der Waals surface area contributed by atoms with Crippen LogP contribution in [0.3, 0.4) is 0 Å². The highest BCUT2D eigenvalue weighted by Gasteiger charge is 2.52. The third-order valence-electron chi connectivity index (χ3n) is 7.84. The number of benzene rings is 2. The molecule has 31 heavy (non-hydrogen) atoms. The van der Waals surface area contributed by atoms with E-state index in [-0.39, 0.29) is 11.0 Å².